The number of rotatable bonds is 2. The van der Waals surface area contributed by atoms with Crippen molar-refractivity contribution in [2.45, 2.75) is 13.0 Å². The lowest BCUT2D eigenvalue weighted by Gasteiger charge is -2.16. The first-order valence-electron chi connectivity index (χ1n) is 5.11. The molecule has 6 nitrogen and oxygen atoms in total. The largest absolute Gasteiger partial charge is 0.385 e. The Bertz CT molecular complexity index is 630. The molecule has 17 heavy (non-hydrogen) atoms. The van der Waals surface area contributed by atoms with Crippen LogP contribution in [0.3, 0.4) is 0 Å². The van der Waals surface area contributed by atoms with E-state index in [4.69, 9.17) is 5.73 Å². The van der Waals surface area contributed by atoms with E-state index in [9.17, 15) is 9.59 Å². The first-order valence-corrected chi connectivity index (χ1v) is 5.11. The molecule has 0 aliphatic rings. The first-order chi connectivity index (χ1) is 8.09. The molecule has 0 aliphatic heterocycles. The number of nitrogens with one attached hydrogen (secondary N) is 1. The summed E-state index contributed by atoms with van der Waals surface area (Å²) in [4.78, 5) is 28.9. The molecule has 0 fully saturated rings. The number of anilines is 1. The summed E-state index contributed by atoms with van der Waals surface area (Å²) in [5.74, 6) is 0.134. The Morgan fingerprint density at radius 1 is 1.47 bits per heavy atom. The third-order valence-electron chi connectivity index (χ3n) is 2.56. The number of hydrogen-bond acceptors (Lipinski definition) is 4. The lowest BCUT2D eigenvalue weighted by atomic mass is 10.1. The van der Waals surface area contributed by atoms with Crippen molar-refractivity contribution in [3.8, 4) is 0 Å². The van der Waals surface area contributed by atoms with Gasteiger partial charge in [-0.25, -0.2) is 4.79 Å². The predicted octanol–water partition coefficient (Wildman–Crippen LogP) is 0.123. The van der Waals surface area contributed by atoms with E-state index >= 15 is 0 Å². The molecule has 0 radical (unpaired) electrons. The van der Waals surface area contributed by atoms with Crippen molar-refractivity contribution in [3.63, 3.8) is 0 Å². The van der Waals surface area contributed by atoms with Crippen LogP contribution in [0, 0.1) is 0 Å². The lowest BCUT2D eigenvalue weighted by Crippen LogP contribution is -2.33. The minimum atomic E-state index is -0.522. The Morgan fingerprint density at radius 3 is 2.82 bits per heavy atom. The fourth-order valence-corrected chi connectivity index (χ4v) is 1.69. The average molecular weight is 232 g/mol. The smallest absolute Gasteiger partial charge is 0.330 e. The standard InChI is InChI=1S/C11H12N4O2/c1-7(8-3-2-4-13-6-8)15-9(12)5-10(16)14-11(15)17/h2-7H,12H2,1H3,(H,14,16,17). The number of aromatic nitrogens is 3. The highest BCUT2D eigenvalue weighted by Crippen LogP contribution is 2.16. The second-order valence-electron chi connectivity index (χ2n) is 3.70. The van der Waals surface area contributed by atoms with E-state index in [2.05, 4.69) is 9.97 Å². The van der Waals surface area contributed by atoms with Gasteiger partial charge in [-0.1, -0.05) is 6.07 Å². The van der Waals surface area contributed by atoms with Crippen molar-refractivity contribution < 1.29 is 0 Å². The zero-order valence-electron chi connectivity index (χ0n) is 9.25. The maximum atomic E-state index is 11.7. The average Bonchev–Trinajstić information content (AvgIpc) is 2.28. The second-order valence-corrected chi connectivity index (χ2v) is 3.70. The maximum absolute atomic E-state index is 11.7. The highest BCUT2D eigenvalue weighted by atomic mass is 16.2. The molecule has 2 rings (SSSR count). The van der Waals surface area contributed by atoms with E-state index < -0.39 is 11.2 Å². The predicted molar refractivity (Wildman–Crippen MR) is 63.8 cm³/mol. The van der Waals surface area contributed by atoms with Crippen LogP contribution in [0.4, 0.5) is 5.82 Å². The molecule has 1 atom stereocenters. The molecule has 0 spiro atoms. The molecule has 0 bridgehead atoms. The van der Waals surface area contributed by atoms with Crippen LogP contribution in [0.25, 0.3) is 0 Å². The Hall–Kier alpha value is -2.37. The van der Waals surface area contributed by atoms with Crippen molar-refractivity contribution >= 4 is 5.82 Å². The zero-order chi connectivity index (χ0) is 12.4. The summed E-state index contributed by atoms with van der Waals surface area (Å²) in [7, 11) is 0. The fraction of sp³-hybridized carbons (Fsp3) is 0.182. The quantitative estimate of drug-likeness (QED) is 0.769. The number of nitrogens with zero attached hydrogens (tertiary/aromatic N) is 2. The van der Waals surface area contributed by atoms with E-state index in [1.165, 1.54) is 10.6 Å². The van der Waals surface area contributed by atoms with Gasteiger partial charge in [0, 0.05) is 18.5 Å². The molecule has 1 unspecified atom stereocenters. The molecular formula is C11H12N4O2. The minimum absolute atomic E-state index is 0.134. The summed E-state index contributed by atoms with van der Waals surface area (Å²) in [5, 5.41) is 0. The molecular weight excluding hydrogens is 220 g/mol. The van der Waals surface area contributed by atoms with Gasteiger partial charge >= 0.3 is 5.69 Å². The Kier molecular flexibility index (Phi) is 2.78. The Balaban J connectivity index is 2.56. The molecule has 0 aromatic carbocycles. The monoisotopic (exact) mass is 232 g/mol. The highest BCUT2D eigenvalue weighted by Gasteiger charge is 2.12. The SMILES string of the molecule is CC(c1cccnc1)n1c(N)cc(=O)[nH]c1=O. The topological polar surface area (TPSA) is 93.8 Å². The van der Waals surface area contributed by atoms with Gasteiger partial charge in [-0.2, -0.15) is 0 Å². The molecule has 0 saturated carbocycles. The van der Waals surface area contributed by atoms with E-state index in [1.807, 2.05) is 13.0 Å². The first kappa shape index (κ1) is 11.1. The van der Waals surface area contributed by atoms with E-state index in [0.717, 1.165) is 5.56 Å². The van der Waals surface area contributed by atoms with Crippen LogP contribution in [0.15, 0.2) is 40.2 Å². The maximum Gasteiger partial charge on any atom is 0.330 e. The molecule has 2 aromatic heterocycles. The molecule has 0 amide bonds. The van der Waals surface area contributed by atoms with Crippen LogP contribution in [-0.4, -0.2) is 14.5 Å². The summed E-state index contributed by atoms with van der Waals surface area (Å²) in [6.45, 7) is 1.81. The van der Waals surface area contributed by atoms with Gasteiger partial charge in [0.2, 0.25) is 0 Å². The Morgan fingerprint density at radius 2 is 2.24 bits per heavy atom. The molecule has 6 heteroatoms. The van der Waals surface area contributed by atoms with Crippen molar-refractivity contribution in [1.82, 2.24) is 14.5 Å². The molecule has 0 saturated heterocycles. The summed E-state index contributed by atoms with van der Waals surface area (Å²) in [5.41, 5.74) is 5.50. The van der Waals surface area contributed by atoms with Crippen LogP contribution in [0.5, 0.6) is 0 Å². The van der Waals surface area contributed by atoms with Gasteiger partial charge < -0.3 is 5.73 Å². The van der Waals surface area contributed by atoms with Gasteiger partial charge in [-0.3, -0.25) is 19.3 Å². The van der Waals surface area contributed by atoms with Crippen molar-refractivity contribution in [3.05, 3.63) is 57.0 Å². The summed E-state index contributed by atoms with van der Waals surface area (Å²) in [6, 6.07) is 4.52. The normalized spacial score (nSPS) is 12.3. The van der Waals surface area contributed by atoms with Crippen LogP contribution >= 0.6 is 0 Å². The molecule has 2 aromatic rings. The van der Waals surface area contributed by atoms with Gasteiger partial charge in [-0.15, -0.1) is 0 Å². The number of pyridine rings is 1. The van der Waals surface area contributed by atoms with Crippen LogP contribution in [-0.2, 0) is 0 Å². The summed E-state index contributed by atoms with van der Waals surface area (Å²) >= 11 is 0. The van der Waals surface area contributed by atoms with Crippen molar-refractivity contribution in [2.75, 3.05) is 5.73 Å². The number of hydrogen-bond donors (Lipinski definition) is 2. The highest BCUT2D eigenvalue weighted by molar-refractivity contribution is 5.29. The molecule has 2 heterocycles. The van der Waals surface area contributed by atoms with Crippen LogP contribution < -0.4 is 17.0 Å². The molecule has 3 N–H and O–H groups in total. The lowest BCUT2D eigenvalue weighted by molar-refractivity contribution is 0.602. The third-order valence-corrected chi connectivity index (χ3v) is 2.56. The summed E-state index contributed by atoms with van der Waals surface area (Å²) in [6.07, 6.45) is 3.30. The van der Waals surface area contributed by atoms with Crippen molar-refractivity contribution in [1.29, 1.82) is 0 Å². The fourth-order valence-electron chi connectivity index (χ4n) is 1.69. The second kappa shape index (κ2) is 4.25. The number of nitrogen functional groups attached to an aromatic ring is 1. The van der Waals surface area contributed by atoms with E-state index in [0.29, 0.717) is 0 Å². The van der Waals surface area contributed by atoms with Crippen molar-refractivity contribution in [2.24, 2.45) is 0 Å². The Labute approximate surface area is 96.8 Å². The van der Waals surface area contributed by atoms with Gasteiger partial charge in [0.05, 0.1) is 6.04 Å². The van der Waals surface area contributed by atoms with E-state index in [-0.39, 0.29) is 11.9 Å². The molecule has 0 aliphatic carbocycles. The van der Waals surface area contributed by atoms with Gasteiger partial charge in [0.1, 0.15) is 5.82 Å². The van der Waals surface area contributed by atoms with Crippen LogP contribution in [0.2, 0.25) is 0 Å². The molecule has 88 valence electrons. The minimum Gasteiger partial charge on any atom is -0.385 e. The third kappa shape index (κ3) is 2.10. The number of H-pyrrole nitrogens is 1. The zero-order valence-corrected chi connectivity index (χ0v) is 9.25. The van der Waals surface area contributed by atoms with Gasteiger partial charge in [-0.05, 0) is 18.6 Å². The van der Waals surface area contributed by atoms with Crippen LogP contribution in [0.1, 0.15) is 18.5 Å². The van der Waals surface area contributed by atoms with Gasteiger partial charge in [0.15, 0.2) is 0 Å². The summed E-state index contributed by atoms with van der Waals surface area (Å²) < 4.78 is 1.32. The number of nitrogens with two attached hydrogens (primary N) is 1. The van der Waals surface area contributed by atoms with Gasteiger partial charge in [0.25, 0.3) is 5.56 Å². The number of aromatic amines is 1. The van der Waals surface area contributed by atoms with E-state index in [1.54, 1.807) is 18.5 Å².